The average Bonchev–Trinajstić information content (AvgIpc) is 2.82. The molecule has 3 aromatic rings. The van der Waals surface area contributed by atoms with Gasteiger partial charge in [-0.1, -0.05) is 24.3 Å². The Labute approximate surface area is 186 Å². The van der Waals surface area contributed by atoms with E-state index in [2.05, 4.69) is 21.4 Å². The van der Waals surface area contributed by atoms with Gasteiger partial charge in [0, 0.05) is 67.9 Å². The summed E-state index contributed by atoms with van der Waals surface area (Å²) in [5.74, 6) is 0.0383. The Balaban J connectivity index is 1.45. The molecule has 0 saturated carbocycles. The summed E-state index contributed by atoms with van der Waals surface area (Å²) in [4.78, 5) is 34.1. The van der Waals surface area contributed by atoms with Crippen molar-refractivity contribution < 1.29 is 9.72 Å². The molecule has 0 spiro atoms. The molecule has 4 rings (SSSR count). The van der Waals surface area contributed by atoms with E-state index in [4.69, 9.17) is 0 Å². The molecule has 0 N–H and O–H groups in total. The molecule has 8 heteroatoms. The smallest absolute Gasteiger partial charge is 0.278 e. The number of fused-ring (bicyclic) bond motifs is 1. The first-order valence-corrected chi connectivity index (χ1v) is 10.5. The van der Waals surface area contributed by atoms with Crippen LogP contribution >= 0.6 is 0 Å². The standard InChI is InChI=1S/C24H25N5O3/c1-2-12-28(19-6-4-3-5-7-19)24(30)18-26-13-15-27(16-14-26)22-8-9-23(29(31)32)21-17-25-11-10-20(21)22/h2-11,17H,1,12-16,18H2. The fraction of sp³-hybridized carbons (Fsp3) is 0.250. The number of para-hydroxylation sites is 1. The number of anilines is 2. The summed E-state index contributed by atoms with van der Waals surface area (Å²) in [5.41, 5.74) is 1.88. The van der Waals surface area contributed by atoms with E-state index in [1.165, 1.54) is 0 Å². The molecule has 2 heterocycles. The van der Waals surface area contributed by atoms with Crippen LogP contribution in [0.25, 0.3) is 10.8 Å². The lowest BCUT2D eigenvalue weighted by Crippen LogP contribution is -2.50. The van der Waals surface area contributed by atoms with Crippen LogP contribution in [0.15, 0.2) is 73.6 Å². The largest absolute Gasteiger partial charge is 0.368 e. The third kappa shape index (κ3) is 4.45. The predicted octanol–water partition coefficient (Wildman–Crippen LogP) is 3.48. The SMILES string of the molecule is C=CCN(C(=O)CN1CCN(c2ccc([N+](=O)[O-])c3cnccc23)CC1)c1ccccc1. The Kier molecular flexibility index (Phi) is 6.42. The van der Waals surface area contributed by atoms with Crippen molar-refractivity contribution in [1.82, 2.24) is 9.88 Å². The molecule has 0 unspecified atom stereocenters. The second kappa shape index (κ2) is 9.57. The number of hydrogen-bond donors (Lipinski definition) is 0. The van der Waals surface area contributed by atoms with Crippen molar-refractivity contribution in [3.8, 4) is 0 Å². The number of piperazine rings is 1. The van der Waals surface area contributed by atoms with Crippen LogP contribution in [-0.2, 0) is 4.79 Å². The lowest BCUT2D eigenvalue weighted by Gasteiger charge is -2.37. The summed E-state index contributed by atoms with van der Waals surface area (Å²) in [5, 5.41) is 12.7. The lowest BCUT2D eigenvalue weighted by atomic mass is 10.1. The summed E-state index contributed by atoms with van der Waals surface area (Å²) in [6.07, 6.45) is 4.93. The van der Waals surface area contributed by atoms with Crippen molar-refractivity contribution in [2.75, 3.05) is 49.1 Å². The molecule has 0 atom stereocenters. The van der Waals surface area contributed by atoms with E-state index in [0.717, 1.165) is 42.9 Å². The summed E-state index contributed by atoms with van der Waals surface area (Å²) < 4.78 is 0. The molecule has 1 amide bonds. The maximum absolute atomic E-state index is 13.0. The van der Waals surface area contributed by atoms with Gasteiger partial charge >= 0.3 is 0 Å². The van der Waals surface area contributed by atoms with Gasteiger partial charge in [0.25, 0.3) is 5.69 Å². The van der Waals surface area contributed by atoms with Gasteiger partial charge in [0.1, 0.15) is 0 Å². The number of hydrogen-bond acceptors (Lipinski definition) is 6. The van der Waals surface area contributed by atoms with Crippen LogP contribution in [0, 0.1) is 10.1 Å². The topological polar surface area (TPSA) is 82.8 Å². The third-order valence-electron chi connectivity index (χ3n) is 5.72. The van der Waals surface area contributed by atoms with E-state index in [1.54, 1.807) is 29.4 Å². The summed E-state index contributed by atoms with van der Waals surface area (Å²) in [6, 6.07) is 14.8. The van der Waals surface area contributed by atoms with E-state index in [9.17, 15) is 14.9 Å². The fourth-order valence-corrected chi connectivity index (χ4v) is 4.11. The lowest BCUT2D eigenvalue weighted by molar-refractivity contribution is -0.383. The Hall–Kier alpha value is -3.78. The molecule has 1 aliphatic heterocycles. The minimum Gasteiger partial charge on any atom is -0.368 e. The monoisotopic (exact) mass is 431 g/mol. The predicted molar refractivity (Wildman–Crippen MR) is 126 cm³/mol. The number of benzene rings is 2. The zero-order valence-electron chi connectivity index (χ0n) is 17.8. The number of pyridine rings is 1. The third-order valence-corrected chi connectivity index (χ3v) is 5.72. The Morgan fingerprint density at radius 2 is 1.84 bits per heavy atom. The fourth-order valence-electron chi connectivity index (χ4n) is 4.11. The molecule has 1 aliphatic rings. The van der Waals surface area contributed by atoms with Gasteiger partial charge < -0.3 is 9.80 Å². The number of carbonyl (C=O) groups excluding carboxylic acids is 1. The van der Waals surface area contributed by atoms with E-state index < -0.39 is 0 Å². The minimum absolute atomic E-state index is 0.0383. The first kappa shape index (κ1) is 21.5. The number of rotatable bonds is 7. The van der Waals surface area contributed by atoms with Crippen LogP contribution in [0.3, 0.4) is 0 Å². The second-order valence-electron chi connectivity index (χ2n) is 7.67. The zero-order valence-corrected chi connectivity index (χ0v) is 17.8. The molecular weight excluding hydrogens is 406 g/mol. The minimum atomic E-state index is -0.376. The van der Waals surface area contributed by atoms with Crippen molar-refractivity contribution >= 4 is 33.7 Å². The molecule has 2 aromatic carbocycles. The van der Waals surface area contributed by atoms with Gasteiger partial charge in [-0.05, 0) is 24.3 Å². The van der Waals surface area contributed by atoms with Crippen molar-refractivity contribution in [3.05, 3.63) is 83.7 Å². The first-order chi connectivity index (χ1) is 15.6. The van der Waals surface area contributed by atoms with Crippen molar-refractivity contribution in [3.63, 3.8) is 0 Å². The number of amides is 1. The van der Waals surface area contributed by atoms with Crippen molar-refractivity contribution in [1.29, 1.82) is 0 Å². The van der Waals surface area contributed by atoms with Crippen molar-refractivity contribution in [2.24, 2.45) is 0 Å². The molecule has 0 radical (unpaired) electrons. The summed E-state index contributed by atoms with van der Waals surface area (Å²) in [7, 11) is 0. The summed E-state index contributed by atoms with van der Waals surface area (Å²) >= 11 is 0. The molecule has 1 saturated heterocycles. The molecule has 8 nitrogen and oxygen atoms in total. The van der Waals surface area contributed by atoms with E-state index in [-0.39, 0.29) is 16.5 Å². The Bertz CT molecular complexity index is 1130. The molecule has 32 heavy (non-hydrogen) atoms. The molecule has 1 aromatic heterocycles. The molecule has 1 fully saturated rings. The first-order valence-electron chi connectivity index (χ1n) is 10.5. The van der Waals surface area contributed by atoms with Gasteiger partial charge in [0.15, 0.2) is 0 Å². The highest BCUT2D eigenvalue weighted by Crippen LogP contribution is 2.33. The molecule has 164 valence electrons. The highest BCUT2D eigenvalue weighted by Gasteiger charge is 2.24. The van der Waals surface area contributed by atoms with E-state index in [0.29, 0.717) is 18.5 Å². The number of non-ortho nitro benzene ring substituents is 1. The van der Waals surface area contributed by atoms with Crippen LogP contribution in [-0.4, -0.2) is 60.0 Å². The molecule has 0 aliphatic carbocycles. The van der Waals surface area contributed by atoms with Gasteiger partial charge in [0.05, 0.1) is 16.9 Å². The number of nitro groups is 1. The van der Waals surface area contributed by atoms with Gasteiger partial charge in [-0.2, -0.15) is 0 Å². The maximum Gasteiger partial charge on any atom is 0.278 e. The van der Waals surface area contributed by atoms with E-state index >= 15 is 0 Å². The normalized spacial score (nSPS) is 14.3. The highest BCUT2D eigenvalue weighted by molar-refractivity contribution is 5.99. The Morgan fingerprint density at radius 1 is 1.09 bits per heavy atom. The zero-order chi connectivity index (χ0) is 22.5. The maximum atomic E-state index is 13.0. The molecular formula is C24H25N5O3. The number of carbonyl (C=O) groups is 1. The molecule has 0 bridgehead atoms. The number of aromatic nitrogens is 1. The average molecular weight is 431 g/mol. The highest BCUT2D eigenvalue weighted by atomic mass is 16.6. The van der Waals surface area contributed by atoms with Gasteiger partial charge in [0.2, 0.25) is 5.91 Å². The number of nitro benzene ring substituents is 1. The number of nitrogens with zero attached hydrogens (tertiary/aromatic N) is 5. The van der Waals surface area contributed by atoms with Crippen LogP contribution in [0.5, 0.6) is 0 Å². The van der Waals surface area contributed by atoms with Crippen LogP contribution < -0.4 is 9.80 Å². The van der Waals surface area contributed by atoms with Gasteiger partial charge in [-0.3, -0.25) is 24.8 Å². The van der Waals surface area contributed by atoms with Crippen molar-refractivity contribution in [2.45, 2.75) is 0 Å². The van der Waals surface area contributed by atoms with Crippen LogP contribution in [0.2, 0.25) is 0 Å². The van der Waals surface area contributed by atoms with Crippen LogP contribution in [0.1, 0.15) is 0 Å². The Morgan fingerprint density at radius 3 is 2.53 bits per heavy atom. The second-order valence-corrected chi connectivity index (χ2v) is 7.67. The van der Waals surface area contributed by atoms with Gasteiger partial charge in [-0.15, -0.1) is 6.58 Å². The quantitative estimate of drug-likeness (QED) is 0.324. The van der Waals surface area contributed by atoms with Crippen LogP contribution in [0.4, 0.5) is 17.1 Å². The van der Waals surface area contributed by atoms with Gasteiger partial charge in [-0.25, -0.2) is 0 Å². The summed E-state index contributed by atoms with van der Waals surface area (Å²) in [6.45, 7) is 7.50. The van der Waals surface area contributed by atoms with E-state index in [1.807, 2.05) is 42.5 Å².